The van der Waals surface area contributed by atoms with E-state index in [1.807, 2.05) is 0 Å². The van der Waals surface area contributed by atoms with E-state index in [1.54, 1.807) is 32.3 Å². The first-order chi connectivity index (χ1) is 9.79. The van der Waals surface area contributed by atoms with Crippen LogP contribution in [0.2, 0.25) is 5.02 Å². The minimum absolute atomic E-state index is 0.0634. The lowest BCUT2D eigenvalue weighted by atomic mass is 10.1. The minimum Gasteiger partial charge on any atom is -0.488 e. The maximum absolute atomic E-state index is 11.4. The van der Waals surface area contributed by atoms with E-state index in [0.717, 1.165) is 5.56 Å². The average molecular weight is 346 g/mol. The van der Waals surface area contributed by atoms with Crippen molar-refractivity contribution in [2.45, 2.75) is 25.3 Å². The molecule has 0 aliphatic rings. The molecular weight excluding hydrogens is 333 g/mol. The number of aromatic nitrogens is 1. The second kappa shape index (κ2) is 6.22. The van der Waals surface area contributed by atoms with Gasteiger partial charge in [0.25, 0.3) is 9.05 Å². The Balaban J connectivity index is 2.28. The molecule has 0 aliphatic heterocycles. The highest BCUT2D eigenvalue weighted by Crippen LogP contribution is 2.29. The molecule has 2 aromatic rings. The summed E-state index contributed by atoms with van der Waals surface area (Å²) < 4.78 is 28.5. The molecule has 0 bridgehead atoms. The Bertz CT molecular complexity index is 753. The van der Waals surface area contributed by atoms with Gasteiger partial charge in [-0.2, -0.15) is 0 Å². The van der Waals surface area contributed by atoms with E-state index >= 15 is 0 Å². The maximum Gasteiger partial charge on any atom is 0.261 e. The van der Waals surface area contributed by atoms with Gasteiger partial charge in [0.2, 0.25) is 0 Å². The number of ether oxygens (including phenoxy) is 1. The molecule has 0 saturated heterocycles. The van der Waals surface area contributed by atoms with Crippen molar-refractivity contribution in [2.75, 3.05) is 0 Å². The second-order valence-electron chi connectivity index (χ2n) is 4.58. The van der Waals surface area contributed by atoms with Gasteiger partial charge in [-0.1, -0.05) is 11.6 Å². The molecular formula is C14H13Cl2NO3S. The van der Waals surface area contributed by atoms with Crippen molar-refractivity contribution in [2.24, 2.45) is 0 Å². The Morgan fingerprint density at radius 3 is 2.38 bits per heavy atom. The predicted molar refractivity (Wildman–Crippen MR) is 82.5 cm³/mol. The summed E-state index contributed by atoms with van der Waals surface area (Å²) in [6, 6.07) is 4.74. The molecule has 0 radical (unpaired) electrons. The quantitative estimate of drug-likeness (QED) is 0.789. The fraction of sp³-hybridized carbons (Fsp3) is 0.214. The van der Waals surface area contributed by atoms with E-state index in [-0.39, 0.29) is 11.5 Å². The van der Waals surface area contributed by atoms with Gasteiger partial charge < -0.3 is 4.74 Å². The molecule has 21 heavy (non-hydrogen) atoms. The van der Waals surface area contributed by atoms with Gasteiger partial charge >= 0.3 is 0 Å². The average Bonchev–Trinajstić information content (AvgIpc) is 2.38. The summed E-state index contributed by atoms with van der Waals surface area (Å²) in [5, 5.41) is 0.521. The van der Waals surface area contributed by atoms with E-state index in [2.05, 4.69) is 4.98 Å². The van der Waals surface area contributed by atoms with E-state index < -0.39 is 9.05 Å². The van der Waals surface area contributed by atoms with Crippen molar-refractivity contribution >= 4 is 31.3 Å². The molecule has 1 aromatic carbocycles. The van der Waals surface area contributed by atoms with Crippen molar-refractivity contribution in [1.82, 2.24) is 4.98 Å². The third-order valence-corrected chi connectivity index (χ3v) is 4.62. The van der Waals surface area contributed by atoms with Crippen LogP contribution in [0.3, 0.4) is 0 Å². The van der Waals surface area contributed by atoms with Crippen LogP contribution in [0.4, 0.5) is 0 Å². The third kappa shape index (κ3) is 3.87. The third-order valence-electron chi connectivity index (χ3n) is 2.94. The largest absolute Gasteiger partial charge is 0.488 e. The Hall–Kier alpha value is -1.30. The van der Waals surface area contributed by atoms with E-state index in [9.17, 15) is 8.42 Å². The topological polar surface area (TPSA) is 56.3 Å². The number of hydrogen-bond donors (Lipinski definition) is 0. The molecule has 0 atom stereocenters. The summed E-state index contributed by atoms with van der Waals surface area (Å²) in [5.74, 6) is 0.618. The summed E-state index contributed by atoms with van der Waals surface area (Å²) in [5.41, 5.74) is 2.19. The molecule has 0 spiro atoms. The summed E-state index contributed by atoms with van der Waals surface area (Å²) in [7, 11) is 1.60. The highest BCUT2D eigenvalue weighted by atomic mass is 35.7. The number of aryl methyl sites for hydroxylation is 2. The van der Waals surface area contributed by atoms with Gasteiger partial charge in [0, 0.05) is 28.6 Å². The fourth-order valence-corrected chi connectivity index (χ4v) is 3.03. The Morgan fingerprint density at radius 2 is 1.86 bits per heavy atom. The highest BCUT2D eigenvalue weighted by molar-refractivity contribution is 8.13. The van der Waals surface area contributed by atoms with Gasteiger partial charge in [0.1, 0.15) is 12.4 Å². The van der Waals surface area contributed by atoms with Crippen LogP contribution < -0.4 is 4.74 Å². The molecule has 0 amide bonds. The number of pyridine rings is 1. The zero-order valence-electron chi connectivity index (χ0n) is 11.4. The molecule has 0 aliphatic carbocycles. The first kappa shape index (κ1) is 16.1. The van der Waals surface area contributed by atoms with E-state index in [1.165, 1.54) is 12.1 Å². The molecule has 0 N–H and O–H groups in total. The monoisotopic (exact) mass is 345 g/mol. The summed E-state index contributed by atoms with van der Waals surface area (Å²) >= 11 is 6.02. The molecule has 0 fully saturated rings. The molecule has 112 valence electrons. The first-order valence-corrected chi connectivity index (χ1v) is 8.75. The molecule has 0 saturated carbocycles. The molecule has 1 heterocycles. The van der Waals surface area contributed by atoms with Crippen LogP contribution >= 0.6 is 22.3 Å². The maximum atomic E-state index is 11.4. The van der Waals surface area contributed by atoms with Crippen LogP contribution in [-0.2, 0) is 15.7 Å². The van der Waals surface area contributed by atoms with Crippen LogP contribution in [0.1, 0.15) is 16.7 Å². The standard InChI is InChI=1S/C14H13Cl2NO3S/c1-9-5-12(21(16,18)19)6-10(2)14(9)20-8-11-3-4-17-7-13(11)15/h3-7H,8H2,1-2H3. The van der Waals surface area contributed by atoms with Crippen LogP contribution in [-0.4, -0.2) is 13.4 Å². The van der Waals surface area contributed by atoms with Crippen LogP contribution in [0.5, 0.6) is 5.75 Å². The second-order valence-corrected chi connectivity index (χ2v) is 7.55. The van der Waals surface area contributed by atoms with Gasteiger partial charge in [0.05, 0.1) is 9.92 Å². The number of rotatable bonds is 4. The van der Waals surface area contributed by atoms with Gasteiger partial charge in [0.15, 0.2) is 0 Å². The molecule has 2 rings (SSSR count). The molecule has 7 heteroatoms. The van der Waals surface area contributed by atoms with Crippen molar-refractivity contribution < 1.29 is 13.2 Å². The number of halogens is 2. The van der Waals surface area contributed by atoms with Crippen LogP contribution in [0, 0.1) is 13.8 Å². The smallest absolute Gasteiger partial charge is 0.261 e. The fourth-order valence-electron chi connectivity index (χ4n) is 1.95. The van der Waals surface area contributed by atoms with Gasteiger partial charge in [-0.3, -0.25) is 4.98 Å². The lowest BCUT2D eigenvalue weighted by Gasteiger charge is -2.13. The van der Waals surface area contributed by atoms with Crippen LogP contribution in [0.15, 0.2) is 35.5 Å². The van der Waals surface area contributed by atoms with E-state index in [0.29, 0.717) is 21.9 Å². The van der Waals surface area contributed by atoms with Crippen molar-refractivity contribution in [3.8, 4) is 5.75 Å². The molecule has 0 unspecified atom stereocenters. The SMILES string of the molecule is Cc1cc(S(=O)(=O)Cl)cc(C)c1OCc1ccncc1Cl. The molecule has 1 aromatic heterocycles. The Labute approximate surface area is 133 Å². The summed E-state index contributed by atoms with van der Waals surface area (Å²) in [6.45, 7) is 3.81. The minimum atomic E-state index is -3.75. The van der Waals surface area contributed by atoms with Crippen LogP contribution in [0.25, 0.3) is 0 Å². The number of benzene rings is 1. The molecule has 4 nitrogen and oxygen atoms in total. The van der Waals surface area contributed by atoms with E-state index in [4.69, 9.17) is 27.0 Å². The van der Waals surface area contributed by atoms with Gasteiger partial charge in [-0.15, -0.1) is 0 Å². The highest BCUT2D eigenvalue weighted by Gasteiger charge is 2.15. The van der Waals surface area contributed by atoms with Crippen molar-refractivity contribution in [1.29, 1.82) is 0 Å². The van der Waals surface area contributed by atoms with Gasteiger partial charge in [-0.25, -0.2) is 8.42 Å². The van der Waals surface area contributed by atoms with Gasteiger partial charge in [-0.05, 0) is 43.2 Å². The summed E-state index contributed by atoms with van der Waals surface area (Å²) in [4.78, 5) is 3.97. The lowest BCUT2D eigenvalue weighted by molar-refractivity contribution is 0.301. The summed E-state index contributed by atoms with van der Waals surface area (Å²) in [6.07, 6.45) is 3.18. The zero-order chi connectivity index (χ0) is 15.6. The van der Waals surface area contributed by atoms with Crippen molar-refractivity contribution in [3.63, 3.8) is 0 Å². The lowest BCUT2D eigenvalue weighted by Crippen LogP contribution is -2.02. The Kier molecular flexibility index (Phi) is 4.76. The number of nitrogens with zero attached hydrogens (tertiary/aromatic N) is 1. The Morgan fingerprint density at radius 1 is 1.24 bits per heavy atom. The zero-order valence-corrected chi connectivity index (χ0v) is 13.8. The van der Waals surface area contributed by atoms with Crippen molar-refractivity contribution in [3.05, 3.63) is 52.3 Å². The first-order valence-electron chi connectivity index (χ1n) is 6.06. The normalized spacial score (nSPS) is 11.4. The number of hydrogen-bond acceptors (Lipinski definition) is 4. The predicted octanol–water partition coefficient (Wildman–Crippen LogP) is 3.86.